The summed E-state index contributed by atoms with van der Waals surface area (Å²) in [6.07, 6.45) is 5.16. The van der Waals surface area contributed by atoms with E-state index in [0.29, 0.717) is 0 Å². The Hall–Kier alpha value is -0.430. The summed E-state index contributed by atoms with van der Waals surface area (Å²) in [5, 5.41) is 0. The first-order valence-electron chi connectivity index (χ1n) is 5.10. The van der Waals surface area contributed by atoms with Crippen molar-refractivity contribution < 1.29 is 0 Å². The van der Waals surface area contributed by atoms with Crippen LogP contribution in [0.5, 0.6) is 0 Å². The molecule has 1 aliphatic rings. The highest BCUT2D eigenvalue weighted by Crippen LogP contribution is 2.39. The average Bonchev–Trinajstić information content (AvgIpc) is 2.99. The Morgan fingerprint density at radius 1 is 1.15 bits per heavy atom. The molecule has 1 aliphatic carbocycles. The van der Waals surface area contributed by atoms with E-state index in [1.54, 1.807) is 0 Å². The molecule has 1 aromatic rings. The van der Waals surface area contributed by atoms with Gasteiger partial charge < -0.3 is 0 Å². The fourth-order valence-electron chi connectivity index (χ4n) is 1.66. The van der Waals surface area contributed by atoms with Gasteiger partial charge in [0, 0.05) is 0 Å². The van der Waals surface area contributed by atoms with Crippen LogP contribution in [0.1, 0.15) is 36.3 Å². The molecule has 0 N–H and O–H groups in total. The lowest BCUT2D eigenvalue weighted by molar-refractivity contribution is 0.933. The van der Waals surface area contributed by atoms with Crippen molar-refractivity contribution in [1.29, 1.82) is 0 Å². The first-order chi connectivity index (χ1) is 6.40. The van der Waals surface area contributed by atoms with Gasteiger partial charge in [-0.2, -0.15) is 12.6 Å². The van der Waals surface area contributed by atoms with Gasteiger partial charge in [-0.25, -0.2) is 0 Å². The fraction of sp³-hybridized carbons (Fsp3) is 0.500. The maximum absolute atomic E-state index is 4.21. The van der Waals surface area contributed by atoms with Crippen LogP contribution < -0.4 is 0 Å². The normalized spacial score (nSPS) is 16.1. The maximum atomic E-state index is 4.21. The molecule has 0 atom stereocenters. The standard InChI is InChI=1S/C12H16S/c13-9-1-2-10-3-5-11(6-4-10)12-7-8-12/h3-6,12-13H,1-2,7-9H2. The topological polar surface area (TPSA) is 0 Å². The summed E-state index contributed by atoms with van der Waals surface area (Å²) in [6.45, 7) is 0. The van der Waals surface area contributed by atoms with Gasteiger partial charge in [-0.05, 0) is 48.5 Å². The SMILES string of the molecule is SCCCc1ccc(C2CC2)cc1. The van der Waals surface area contributed by atoms with E-state index in [1.807, 2.05) is 0 Å². The minimum atomic E-state index is 0.888. The molecule has 1 heteroatoms. The van der Waals surface area contributed by atoms with Crippen LogP contribution in [0.2, 0.25) is 0 Å². The van der Waals surface area contributed by atoms with E-state index in [9.17, 15) is 0 Å². The zero-order valence-corrected chi connectivity index (χ0v) is 8.76. The quantitative estimate of drug-likeness (QED) is 0.694. The molecule has 0 bridgehead atoms. The molecule has 1 aromatic carbocycles. The summed E-state index contributed by atoms with van der Waals surface area (Å²) in [5.74, 6) is 1.88. The minimum Gasteiger partial charge on any atom is -0.179 e. The number of hydrogen-bond donors (Lipinski definition) is 1. The second-order valence-electron chi connectivity index (χ2n) is 3.84. The highest BCUT2D eigenvalue weighted by molar-refractivity contribution is 7.80. The van der Waals surface area contributed by atoms with E-state index >= 15 is 0 Å². The Morgan fingerprint density at radius 2 is 1.85 bits per heavy atom. The monoisotopic (exact) mass is 192 g/mol. The molecule has 0 heterocycles. The van der Waals surface area contributed by atoms with Crippen molar-refractivity contribution in [1.82, 2.24) is 0 Å². The highest BCUT2D eigenvalue weighted by Gasteiger charge is 2.22. The molecule has 0 amide bonds. The number of benzene rings is 1. The highest BCUT2D eigenvalue weighted by atomic mass is 32.1. The van der Waals surface area contributed by atoms with Gasteiger partial charge in [0.05, 0.1) is 0 Å². The predicted molar refractivity (Wildman–Crippen MR) is 60.6 cm³/mol. The van der Waals surface area contributed by atoms with Crippen LogP contribution in [0.25, 0.3) is 0 Å². The van der Waals surface area contributed by atoms with E-state index in [2.05, 4.69) is 36.9 Å². The fourth-order valence-corrected chi connectivity index (χ4v) is 1.81. The molecule has 13 heavy (non-hydrogen) atoms. The van der Waals surface area contributed by atoms with Crippen LogP contribution in [0.15, 0.2) is 24.3 Å². The van der Waals surface area contributed by atoms with Gasteiger partial charge in [0.1, 0.15) is 0 Å². The first kappa shape index (κ1) is 9.14. The second-order valence-corrected chi connectivity index (χ2v) is 4.29. The molecule has 0 aliphatic heterocycles. The maximum Gasteiger partial charge on any atom is -0.00947 e. The number of hydrogen-bond acceptors (Lipinski definition) is 1. The summed E-state index contributed by atoms with van der Waals surface area (Å²) in [4.78, 5) is 0. The van der Waals surface area contributed by atoms with Crippen molar-refractivity contribution in [3.05, 3.63) is 35.4 Å². The van der Waals surface area contributed by atoms with Gasteiger partial charge in [-0.1, -0.05) is 24.3 Å². The molecule has 0 unspecified atom stereocenters. The van der Waals surface area contributed by atoms with Crippen LogP contribution >= 0.6 is 12.6 Å². The van der Waals surface area contributed by atoms with Gasteiger partial charge in [0.15, 0.2) is 0 Å². The van der Waals surface area contributed by atoms with Gasteiger partial charge in [-0.15, -0.1) is 0 Å². The van der Waals surface area contributed by atoms with Crippen molar-refractivity contribution in [3.8, 4) is 0 Å². The van der Waals surface area contributed by atoms with Gasteiger partial charge in [0.25, 0.3) is 0 Å². The summed E-state index contributed by atoms with van der Waals surface area (Å²) < 4.78 is 0. The lowest BCUT2D eigenvalue weighted by atomic mass is 10.1. The summed E-state index contributed by atoms with van der Waals surface area (Å²) in [5.41, 5.74) is 2.99. The van der Waals surface area contributed by atoms with Crippen molar-refractivity contribution >= 4 is 12.6 Å². The van der Waals surface area contributed by atoms with E-state index in [0.717, 1.165) is 11.7 Å². The zero-order chi connectivity index (χ0) is 9.10. The second kappa shape index (κ2) is 4.19. The van der Waals surface area contributed by atoms with Crippen molar-refractivity contribution in [2.75, 3.05) is 5.75 Å². The summed E-state index contributed by atoms with van der Waals surface area (Å²) in [7, 11) is 0. The molecule has 0 aromatic heterocycles. The Bertz CT molecular complexity index is 259. The molecule has 0 radical (unpaired) electrons. The molecular formula is C12H16S. The molecule has 0 spiro atoms. The van der Waals surface area contributed by atoms with Gasteiger partial charge >= 0.3 is 0 Å². The number of aryl methyl sites for hydroxylation is 1. The molecule has 0 saturated heterocycles. The molecule has 1 saturated carbocycles. The summed E-state index contributed by atoms with van der Waals surface area (Å²) >= 11 is 4.21. The van der Waals surface area contributed by atoms with Crippen LogP contribution in [0, 0.1) is 0 Å². The van der Waals surface area contributed by atoms with Gasteiger partial charge in [0.2, 0.25) is 0 Å². The molecular weight excluding hydrogens is 176 g/mol. The zero-order valence-electron chi connectivity index (χ0n) is 7.87. The number of thiol groups is 1. The van der Waals surface area contributed by atoms with Gasteiger partial charge in [-0.3, -0.25) is 0 Å². The van der Waals surface area contributed by atoms with E-state index < -0.39 is 0 Å². The Balaban J connectivity index is 1.96. The lowest BCUT2D eigenvalue weighted by Crippen LogP contribution is -1.87. The van der Waals surface area contributed by atoms with Crippen molar-refractivity contribution in [2.45, 2.75) is 31.6 Å². The third-order valence-electron chi connectivity index (χ3n) is 2.65. The van der Waals surface area contributed by atoms with E-state index in [-0.39, 0.29) is 0 Å². The largest absolute Gasteiger partial charge is 0.179 e. The first-order valence-corrected chi connectivity index (χ1v) is 5.73. The molecule has 70 valence electrons. The third kappa shape index (κ3) is 2.50. The minimum absolute atomic E-state index is 0.888. The van der Waals surface area contributed by atoms with Crippen molar-refractivity contribution in [3.63, 3.8) is 0 Å². The Labute approximate surface area is 85.8 Å². The van der Waals surface area contributed by atoms with Crippen molar-refractivity contribution in [2.24, 2.45) is 0 Å². The number of rotatable bonds is 4. The molecule has 1 fully saturated rings. The Kier molecular flexibility index (Phi) is 2.94. The third-order valence-corrected chi connectivity index (χ3v) is 2.97. The smallest absolute Gasteiger partial charge is 0.00947 e. The Morgan fingerprint density at radius 3 is 2.38 bits per heavy atom. The average molecular weight is 192 g/mol. The summed E-state index contributed by atoms with van der Waals surface area (Å²) in [6, 6.07) is 9.14. The van der Waals surface area contributed by atoms with Crippen LogP contribution in [-0.2, 0) is 6.42 Å². The molecule has 0 nitrogen and oxygen atoms in total. The van der Waals surface area contributed by atoms with Crippen LogP contribution in [0.3, 0.4) is 0 Å². The lowest BCUT2D eigenvalue weighted by Gasteiger charge is -2.01. The van der Waals surface area contributed by atoms with Crippen LogP contribution in [0.4, 0.5) is 0 Å². The van der Waals surface area contributed by atoms with E-state index in [1.165, 1.54) is 36.8 Å². The van der Waals surface area contributed by atoms with E-state index in [4.69, 9.17) is 0 Å². The molecule has 2 rings (SSSR count). The predicted octanol–water partition coefficient (Wildman–Crippen LogP) is 3.43. The van der Waals surface area contributed by atoms with Crippen LogP contribution in [-0.4, -0.2) is 5.75 Å².